The molecule has 5 heteroatoms. The number of aromatic amines is 1. The Morgan fingerprint density at radius 2 is 2.05 bits per heavy atom. The van der Waals surface area contributed by atoms with Crippen molar-refractivity contribution in [3.05, 3.63) is 71.6 Å². The third-order valence-electron chi connectivity index (χ3n) is 3.57. The lowest BCUT2D eigenvalue weighted by atomic mass is 10.1. The van der Waals surface area contributed by atoms with Gasteiger partial charge in [-0.1, -0.05) is 49.3 Å². The van der Waals surface area contributed by atoms with Gasteiger partial charge in [-0.05, 0) is 11.5 Å². The topological polar surface area (TPSA) is 66.7 Å². The summed E-state index contributed by atoms with van der Waals surface area (Å²) in [5.41, 5.74) is 2.13. The number of benzene rings is 1. The quantitative estimate of drug-likeness (QED) is 0.731. The highest BCUT2D eigenvalue weighted by atomic mass is 16.5. The molecule has 1 aromatic carbocycles. The molecule has 0 spiro atoms. The number of aromatic nitrogens is 3. The number of nitrogens with one attached hydrogen (secondary N) is 2. The fourth-order valence-corrected chi connectivity index (χ4v) is 2.34. The van der Waals surface area contributed by atoms with Crippen molar-refractivity contribution < 1.29 is 4.52 Å². The summed E-state index contributed by atoms with van der Waals surface area (Å²) in [5.74, 6) is 2.08. The van der Waals surface area contributed by atoms with Gasteiger partial charge in [0.25, 0.3) is 0 Å². The smallest absolute Gasteiger partial charge is 0.150 e. The highest BCUT2D eigenvalue weighted by Crippen LogP contribution is 2.20. The Kier molecular flexibility index (Phi) is 4.34. The lowest BCUT2D eigenvalue weighted by Gasteiger charge is -2.16. The Bertz CT molecular complexity index is 689. The fraction of sp³-hybridized carbons (Fsp3) is 0.294. The van der Waals surface area contributed by atoms with Crippen LogP contribution in [0.2, 0.25) is 0 Å². The molecule has 0 saturated carbocycles. The number of hydrogen-bond donors (Lipinski definition) is 2. The number of H-pyrrole nitrogens is 1. The largest absolute Gasteiger partial charge is 0.360 e. The van der Waals surface area contributed by atoms with Gasteiger partial charge in [0, 0.05) is 18.5 Å². The Labute approximate surface area is 129 Å². The molecular formula is C17H20N4O. The van der Waals surface area contributed by atoms with Gasteiger partial charge >= 0.3 is 0 Å². The molecule has 0 fully saturated rings. The summed E-state index contributed by atoms with van der Waals surface area (Å²) >= 11 is 0. The minimum absolute atomic E-state index is 0.0104. The summed E-state index contributed by atoms with van der Waals surface area (Å²) in [7, 11) is 0. The maximum absolute atomic E-state index is 5.39. The first-order valence-electron chi connectivity index (χ1n) is 7.47. The molecule has 2 aromatic heterocycles. The second-order valence-electron chi connectivity index (χ2n) is 5.57. The average Bonchev–Trinajstić information content (AvgIpc) is 3.20. The van der Waals surface area contributed by atoms with Gasteiger partial charge in [0.1, 0.15) is 5.82 Å². The number of imidazole rings is 1. The summed E-state index contributed by atoms with van der Waals surface area (Å²) < 4.78 is 5.39. The van der Waals surface area contributed by atoms with Crippen molar-refractivity contribution in [2.24, 2.45) is 0 Å². The lowest BCUT2D eigenvalue weighted by Crippen LogP contribution is -2.22. The molecule has 22 heavy (non-hydrogen) atoms. The van der Waals surface area contributed by atoms with Crippen LogP contribution in [0.15, 0.2) is 53.3 Å². The van der Waals surface area contributed by atoms with E-state index in [1.807, 2.05) is 30.5 Å². The zero-order valence-corrected chi connectivity index (χ0v) is 12.8. The molecule has 0 aliphatic rings. The van der Waals surface area contributed by atoms with Crippen molar-refractivity contribution in [3.63, 3.8) is 0 Å². The first-order chi connectivity index (χ1) is 10.7. The summed E-state index contributed by atoms with van der Waals surface area (Å²) in [6.07, 6.45) is 3.59. The Balaban J connectivity index is 1.76. The molecule has 2 N–H and O–H groups in total. The number of nitrogens with zero attached hydrogens (tertiary/aromatic N) is 2. The molecule has 0 saturated heterocycles. The third-order valence-corrected chi connectivity index (χ3v) is 3.57. The van der Waals surface area contributed by atoms with E-state index in [1.165, 1.54) is 0 Å². The van der Waals surface area contributed by atoms with Crippen LogP contribution in [0.5, 0.6) is 0 Å². The summed E-state index contributed by atoms with van der Waals surface area (Å²) in [6.45, 7) is 4.80. The summed E-state index contributed by atoms with van der Waals surface area (Å²) in [6, 6.07) is 12.2. The van der Waals surface area contributed by atoms with E-state index in [2.05, 4.69) is 46.4 Å². The van der Waals surface area contributed by atoms with E-state index < -0.39 is 0 Å². The summed E-state index contributed by atoms with van der Waals surface area (Å²) in [4.78, 5) is 7.55. The van der Waals surface area contributed by atoms with E-state index >= 15 is 0 Å². The second kappa shape index (κ2) is 6.58. The molecule has 114 valence electrons. The molecule has 3 aromatic rings. The minimum atomic E-state index is -0.0104. The van der Waals surface area contributed by atoms with Crippen LogP contribution in [0, 0.1) is 0 Å². The van der Waals surface area contributed by atoms with E-state index in [9.17, 15) is 0 Å². The van der Waals surface area contributed by atoms with Crippen LogP contribution < -0.4 is 5.32 Å². The van der Waals surface area contributed by atoms with Gasteiger partial charge in [-0.15, -0.1) is 0 Å². The van der Waals surface area contributed by atoms with Gasteiger partial charge in [0.2, 0.25) is 0 Å². The third kappa shape index (κ3) is 3.26. The van der Waals surface area contributed by atoms with Crippen LogP contribution in [0.3, 0.4) is 0 Å². The van der Waals surface area contributed by atoms with E-state index in [4.69, 9.17) is 4.52 Å². The van der Waals surface area contributed by atoms with Crippen LogP contribution in [0.1, 0.15) is 48.6 Å². The maximum atomic E-state index is 5.39. The highest BCUT2D eigenvalue weighted by molar-refractivity contribution is 5.25. The first-order valence-corrected chi connectivity index (χ1v) is 7.47. The first kappa shape index (κ1) is 14.5. The maximum Gasteiger partial charge on any atom is 0.150 e. The lowest BCUT2D eigenvalue weighted by molar-refractivity contribution is 0.360. The number of hydrogen-bond acceptors (Lipinski definition) is 4. The molecule has 0 amide bonds. The van der Waals surface area contributed by atoms with Crippen molar-refractivity contribution in [2.45, 2.75) is 32.4 Å². The predicted molar refractivity (Wildman–Crippen MR) is 84.3 cm³/mol. The second-order valence-corrected chi connectivity index (χ2v) is 5.57. The van der Waals surface area contributed by atoms with E-state index in [1.54, 1.807) is 6.20 Å². The van der Waals surface area contributed by atoms with E-state index in [0.717, 1.165) is 22.8 Å². The molecule has 1 unspecified atom stereocenters. The normalized spacial score (nSPS) is 12.7. The van der Waals surface area contributed by atoms with Crippen LogP contribution in [0.4, 0.5) is 0 Å². The molecule has 0 bridgehead atoms. The molecular weight excluding hydrogens is 276 g/mol. The van der Waals surface area contributed by atoms with E-state index in [-0.39, 0.29) is 6.04 Å². The van der Waals surface area contributed by atoms with Crippen molar-refractivity contribution in [2.75, 3.05) is 0 Å². The minimum Gasteiger partial charge on any atom is -0.360 e. The van der Waals surface area contributed by atoms with Crippen molar-refractivity contribution >= 4 is 0 Å². The summed E-state index contributed by atoms with van der Waals surface area (Å²) in [5, 5.41) is 7.57. The van der Waals surface area contributed by atoms with Crippen LogP contribution >= 0.6 is 0 Å². The van der Waals surface area contributed by atoms with Gasteiger partial charge in [0.05, 0.1) is 18.3 Å². The SMILES string of the molecule is CC(C)c1cc(CNC(c2ccccc2)c2ncc[nH]2)on1. The van der Waals surface area contributed by atoms with Crippen molar-refractivity contribution in [1.29, 1.82) is 0 Å². The van der Waals surface area contributed by atoms with Gasteiger partial charge in [-0.25, -0.2) is 4.98 Å². The highest BCUT2D eigenvalue weighted by Gasteiger charge is 2.17. The molecule has 3 rings (SSSR count). The van der Waals surface area contributed by atoms with Gasteiger partial charge in [-0.2, -0.15) is 0 Å². The van der Waals surface area contributed by atoms with Crippen molar-refractivity contribution in [1.82, 2.24) is 20.4 Å². The Morgan fingerprint density at radius 3 is 2.68 bits per heavy atom. The molecule has 5 nitrogen and oxygen atoms in total. The molecule has 1 atom stereocenters. The van der Waals surface area contributed by atoms with Crippen LogP contribution in [0.25, 0.3) is 0 Å². The predicted octanol–water partition coefficient (Wildman–Crippen LogP) is 3.40. The van der Waals surface area contributed by atoms with E-state index in [0.29, 0.717) is 12.5 Å². The van der Waals surface area contributed by atoms with Gasteiger partial charge in [0.15, 0.2) is 5.76 Å². The fourth-order valence-electron chi connectivity index (χ4n) is 2.34. The van der Waals surface area contributed by atoms with Crippen LogP contribution in [-0.2, 0) is 6.54 Å². The Morgan fingerprint density at radius 1 is 1.23 bits per heavy atom. The van der Waals surface area contributed by atoms with Crippen LogP contribution in [-0.4, -0.2) is 15.1 Å². The van der Waals surface area contributed by atoms with Gasteiger partial charge in [-0.3, -0.25) is 5.32 Å². The average molecular weight is 296 g/mol. The van der Waals surface area contributed by atoms with Crippen molar-refractivity contribution in [3.8, 4) is 0 Å². The molecule has 0 aliphatic heterocycles. The monoisotopic (exact) mass is 296 g/mol. The molecule has 0 radical (unpaired) electrons. The zero-order valence-electron chi connectivity index (χ0n) is 12.8. The van der Waals surface area contributed by atoms with Gasteiger partial charge < -0.3 is 9.51 Å². The zero-order chi connectivity index (χ0) is 15.4. The number of rotatable bonds is 6. The standard InChI is InChI=1S/C17H20N4O/c1-12(2)15-10-14(22-21-15)11-20-16(17-18-8-9-19-17)13-6-4-3-5-7-13/h3-10,12,16,20H,11H2,1-2H3,(H,18,19). The molecule has 0 aliphatic carbocycles. The molecule has 2 heterocycles. The Hall–Kier alpha value is -2.40.